The molecule has 1 aromatic carbocycles. The number of likely N-dealkylation sites (tertiary alicyclic amines) is 1. The van der Waals surface area contributed by atoms with E-state index in [0.29, 0.717) is 17.5 Å². The Bertz CT molecular complexity index is 603. The molecule has 0 unspecified atom stereocenters. The summed E-state index contributed by atoms with van der Waals surface area (Å²) in [5, 5.41) is 7.81. The maximum Gasteiger partial charge on any atom is 0.321 e. The molecule has 0 aliphatic carbocycles. The molecule has 0 saturated carbocycles. The summed E-state index contributed by atoms with van der Waals surface area (Å²) >= 11 is 0. The first-order valence-electron chi connectivity index (χ1n) is 6.94. The van der Waals surface area contributed by atoms with Crippen LogP contribution in [0.15, 0.2) is 29.2 Å². The molecule has 1 aromatic rings. The maximum absolute atomic E-state index is 12.2. The quantitative estimate of drug-likeness (QED) is 0.873. The van der Waals surface area contributed by atoms with Gasteiger partial charge < -0.3 is 10.2 Å². The van der Waals surface area contributed by atoms with Crippen molar-refractivity contribution in [2.45, 2.75) is 25.2 Å². The van der Waals surface area contributed by atoms with Crippen molar-refractivity contribution in [2.24, 2.45) is 17.0 Å². The van der Waals surface area contributed by atoms with E-state index >= 15 is 0 Å². The van der Waals surface area contributed by atoms with Gasteiger partial charge in [-0.15, -0.1) is 0 Å². The van der Waals surface area contributed by atoms with Gasteiger partial charge in [0, 0.05) is 18.8 Å². The standard InChI is InChI=1S/C14H21N3O3S/c1-10-7-11(2)9-17(8-10)14(18)16-12-3-5-13(6-4-12)21(15,19)20/h3-6,10-11H,7-9H2,1-2H3,(H,16,18)(H2,15,19,20)/t10-,11-/m0/s1. The molecule has 1 aliphatic heterocycles. The summed E-state index contributed by atoms with van der Waals surface area (Å²) in [7, 11) is -3.71. The van der Waals surface area contributed by atoms with Gasteiger partial charge in [0.1, 0.15) is 0 Å². The number of piperidine rings is 1. The Morgan fingerprint density at radius 3 is 2.19 bits per heavy atom. The number of nitrogens with two attached hydrogens (primary N) is 1. The number of carbonyl (C=O) groups is 1. The van der Waals surface area contributed by atoms with Crippen LogP contribution < -0.4 is 10.5 Å². The summed E-state index contributed by atoms with van der Waals surface area (Å²) in [6.45, 7) is 5.75. The van der Waals surface area contributed by atoms with Gasteiger partial charge in [0.05, 0.1) is 4.90 Å². The predicted octanol–water partition coefficient (Wildman–Crippen LogP) is 1.84. The fourth-order valence-corrected chi connectivity index (χ4v) is 3.27. The van der Waals surface area contributed by atoms with E-state index in [9.17, 15) is 13.2 Å². The van der Waals surface area contributed by atoms with Crippen molar-refractivity contribution < 1.29 is 13.2 Å². The Hall–Kier alpha value is -1.60. The largest absolute Gasteiger partial charge is 0.324 e. The lowest BCUT2D eigenvalue weighted by molar-refractivity contribution is 0.156. The average molecular weight is 311 g/mol. The minimum Gasteiger partial charge on any atom is -0.324 e. The molecule has 0 aromatic heterocycles. The highest BCUT2D eigenvalue weighted by Crippen LogP contribution is 2.22. The first kappa shape index (κ1) is 15.8. The molecular weight excluding hydrogens is 290 g/mol. The van der Waals surface area contributed by atoms with E-state index < -0.39 is 10.0 Å². The second kappa shape index (κ2) is 6.03. The zero-order valence-electron chi connectivity index (χ0n) is 12.2. The third-order valence-electron chi connectivity index (χ3n) is 3.59. The van der Waals surface area contributed by atoms with Crippen LogP contribution in [0.2, 0.25) is 0 Å². The first-order valence-corrected chi connectivity index (χ1v) is 8.49. The third-order valence-corrected chi connectivity index (χ3v) is 4.52. The van der Waals surface area contributed by atoms with Gasteiger partial charge >= 0.3 is 6.03 Å². The number of hydrogen-bond acceptors (Lipinski definition) is 3. The van der Waals surface area contributed by atoms with Crippen LogP contribution in [0, 0.1) is 11.8 Å². The zero-order chi connectivity index (χ0) is 15.6. The predicted molar refractivity (Wildman–Crippen MR) is 81.4 cm³/mol. The molecule has 7 heteroatoms. The Balaban J connectivity index is 2.03. The summed E-state index contributed by atoms with van der Waals surface area (Å²) in [6, 6.07) is 5.68. The van der Waals surface area contributed by atoms with Crippen molar-refractivity contribution in [1.82, 2.24) is 4.90 Å². The number of urea groups is 1. The molecule has 0 radical (unpaired) electrons. The lowest BCUT2D eigenvalue weighted by Gasteiger charge is -2.34. The van der Waals surface area contributed by atoms with Crippen LogP contribution in [0.4, 0.5) is 10.5 Å². The molecule has 116 valence electrons. The molecule has 1 aliphatic rings. The molecular formula is C14H21N3O3S. The number of sulfonamides is 1. The number of nitrogens with one attached hydrogen (secondary N) is 1. The van der Waals surface area contributed by atoms with Gasteiger partial charge in [0.25, 0.3) is 0 Å². The topological polar surface area (TPSA) is 92.5 Å². The average Bonchev–Trinajstić information content (AvgIpc) is 2.37. The van der Waals surface area contributed by atoms with Crippen molar-refractivity contribution in [3.8, 4) is 0 Å². The number of anilines is 1. The van der Waals surface area contributed by atoms with Crippen LogP contribution in [0.1, 0.15) is 20.3 Å². The van der Waals surface area contributed by atoms with E-state index in [1.54, 1.807) is 4.90 Å². The number of benzene rings is 1. The van der Waals surface area contributed by atoms with E-state index in [1.165, 1.54) is 24.3 Å². The summed E-state index contributed by atoms with van der Waals surface area (Å²) in [4.78, 5) is 14.0. The van der Waals surface area contributed by atoms with Crippen molar-refractivity contribution in [2.75, 3.05) is 18.4 Å². The van der Waals surface area contributed by atoms with E-state index in [2.05, 4.69) is 19.2 Å². The number of primary sulfonamides is 1. The second-order valence-corrected chi connectivity index (χ2v) is 7.41. The van der Waals surface area contributed by atoms with Gasteiger partial charge in [-0.1, -0.05) is 13.8 Å². The van der Waals surface area contributed by atoms with Gasteiger partial charge in [-0.05, 0) is 42.5 Å². The lowest BCUT2D eigenvalue weighted by Crippen LogP contribution is -2.44. The Morgan fingerprint density at radius 2 is 1.71 bits per heavy atom. The Kier molecular flexibility index (Phi) is 4.53. The van der Waals surface area contributed by atoms with E-state index in [1.807, 2.05) is 0 Å². The van der Waals surface area contributed by atoms with Gasteiger partial charge in [0.15, 0.2) is 0 Å². The highest BCUT2D eigenvalue weighted by atomic mass is 32.2. The van der Waals surface area contributed by atoms with Crippen molar-refractivity contribution >= 4 is 21.7 Å². The first-order chi connectivity index (χ1) is 9.75. The maximum atomic E-state index is 12.2. The monoisotopic (exact) mass is 311 g/mol. The van der Waals surface area contributed by atoms with E-state index in [0.717, 1.165) is 19.5 Å². The highest BCUT2D eigenvalue weighted by Gasteiger charge is 2.25. The summed E-state index contributed by atoms with van der Waals surface area (Å²) < 4.78 is 22.3. The van der Waals surface area contributed by atoms with E-state index in [4.69, 9.17) is 5.14 Å². The number of rotatable bonds is 2. The molecule has 2 rings (SSSR count). The SMILES string of the molecule is C[C@H]1C[C@H](C)CN(C(=O)Nc2ccc(S(N)(=O)=O)cc2)C1. The van der Waals surface area contributed by atoms with Crippen LogP contribution in [0.3, 0.4) is 0 Å². The molecule has 1 saturated heterocycles. The van der Waals surface area contributed by atoms with Crippen molar-refractivity contribution in [3.05, 3.63) is 24.3 Å². The van der Waals surface area contributed by atoms with Gasteiger partial charge in [0.2, 0.25) is 10.0 Å². The summed E-state index contributed by atoms with van der Waals surface area (Å²) in [5.74, 6) is 0.980. The highest BCUT2D eigenvalue weighted by molar-refractivity contribution is 7.89. The normalized spacial score (nSPS) is 22.9. The minimum atomic E-state index is -3.71. The van der Waals surface area contributed by atoms with Crippen LogP contribution in [-0.2, 0) is 10.0 Å². The Morgan fingerprint density at radius 1 is 1.19 bits per heavy atom. The molecule has 1 heterocycles. The number of carbonyl (C=O) groups excluding carboxylic acids is 1. The number of nitrogens with zero attached hydrogens (tertiary/aromatic N) is 1. The molecule has 6 nitrogen and oxygen atoms in total. The van der Waals surface area contributed by atoms with Crippen LogP contribution in [0.25, 0.3) is 0 Å². The second-order valence-electron chi connectivity index (χ2n) is 5.85. The number of hydrogen-bond donors (Lipinski definition) is 2. The van der Waals surface area contributed by atoms with Gasteiger partial charge in [-0.2, -0.15) is 0 Å². The van der Waals surface area contributed by atoms with Crippen LogP contribution >= 0.6 is 0 Å². The molecule has 0 bridgehead atoms. The molecule has 2 atom stereocenters. The molecule has 0 spiro atoms. The smallest absolute Gasteiger partial charge is 0.321 e. The minimum absolute atomic E-state index is 0.0284. The van der Waals surface area contributed by atoms with Gasteiger partial charge in [-0.3, -0.25) is 0 Å². The fraction of sp³-hybridized carbons (Fsp3) is 0.500. The summed E-state index contributed by atoms with van der Waals surface area (Å²) in [5.41, 5.74) is 0.554. The molecule has 21 heavy (non-hydrogen) atoms. The molecule has 2 amide bonds. The van der Waals surface area contributed by atoms with Crippen molar-refractivity contribution in [1.29, 1.82) is 0 Å². The Labute approximate surface area is 125 Å². The number of amides is 2. The fourth-order valence-electron chi connectivity index (χ4n) is 2.76. The molecule has 1 fully saturated rings. The van der Waals surface area contributed by atoms with Crippen molar-refractivity contribution in [3.63, 3.8) is 0 Å². The van der Waals surface area contributed by atoms with Crippen LogP contribution in [0.5, 0.6) is 0 Å². The third kappa shape index (κ3) is 4.18. The summed E-state index contributed by atoms with van der Waals surface area (Å²) in [6.07, 6.45) is 1.13. The zero-order valence-corrected chi connectivity index (χ0v) is 13.1. The van der Waals surface area contributed by atoms with Gasteiger partial charge in [-0.25, -0.2) is 18.4 Å². The van der Waals surface area contributed by atoms with E-state index in [-0.39, 0.29) is 10.9 Å². The molecule has 3 N–H and O–H groups in total. The lowest BCUT2D eigenvalue weighted by atomic mass is 9.92. The van der Waals surface area contributed by atoms with Crippen LogP contribution in [-0.4, -0.2) is 32.4 Å².